The van der Waals surface area contributed by atoms with Gasteiger partial charge in [-0.3, -0.25) is 4.79 Å². The first kappa shape index (κ1) is 14.3. The largest absolute Gasteiger partial charge is 0.345 e. The van der Waals surface area contributed by atoms with E-state index in [4.69, 9.17) is 5.14 Å². The van der Waals surface area contributed by atoms with Crippen LogP contribution >= 0.6 is 0 Å². The summed E-state index contributed by atoms with van der Waals surface area (Å²) in [4.78, 5) is 13.1. The molecule has 0 aliphatic rings. The first-order chi connectivity index (χ1) is 6.78. The molecule has 0 spiro atoms. The Morgan fingerprint density at radius 2 is 2.07 bits per heavy atom. The summed E-state index contributed by atoms with van der Waals surface area (Å²) in [6, 6.07) is -0.392. The lowest BCUT2D eigenvalue weighted by atomic mass is 10.3. The number of carbonyl (C=O) groups excluding carboxylic acids is 1. The quantitative estimate of drug-likeness (QED) is 0.602. The smallest absolute Gasteiger partial charge is 0.239 e. The van der Waals surface area contributed by atoms with Gasteiger partial charge in [-0.25, -0.2) is 13.6 Å². The highest BCUT2D eigenvalue weighted by Gasteiger charge is 2.15. The van der Waals surface area contributed by atoms with E-state index < -0.39 is 16.1 Å². The number of amides is 1. The van der Waals surface area contributed by atoms with Gasteiger partial charge in [0, 0.05) is 20.1 Å². The van der Waals surface area contributed by atoms with E-state index in [0.29, 0.717) is 6.54 Å². The predicted octanol–water partition coefficient (Wildman–Crippen LogP) is -1.27. The van der Waals surface area contributed by atoms with Crippen LogP contribution in [0.3, 0.4) is 0 Å². The van der Waals surface area contributed by atoms with Gasteiger partial charge in [0.2, 0.25) is 15.9 Å². The molecule has 0 bridgehead atoms. The van der Waals surface area contributed by atoms with Crippen molar-refractivity contribution in [3.05, 3.63) is 0 Å². The maximum atomic E-state index is 11.5. The van der Waals surface area contributed by atoms with Crippen molar-refractivity contribution >= 4 is 15.9 Å². The zero-order valence-electron chi connectivity index (χ0n) is 9.36. The summed E-state index contributed by atoms with van der Waals surface area (Å²) in [5.74, 6) is -0.229. The molecule has 1 atom stereocenters. The van der Waals surface area contributed by atoms with Gasteiger partial charge >= 0.3 is 0 Å². The van der Waals surface area contributed by atoms with E-state index in [1.54, 1.807) is 18.9 Å². The van der Waals surface area contributed by atoms with Crippen molar-refractivity contribution < 1.29 is 13.2 Å². The van der Waals surface area contributed by atoms with Gasteiger partial charge in [-0.15, -0.1) is 0 Å². The number of carbonyl (C=O) groups is 1. The molecule has 0 heterocycles. The summed E-state index contributed by atoms with van der Waals surface area (Å²) in [5.41, 5.74) is 0. The molecule has 0 saturated heterocycles. The molecule has 7 heteroatoms. The zero-order valence-corrected chi connectivity index (χ0v) is 10.2. The van der Waals surface area contributed by atoms with Gasteiger partial charge in [-0.1, -0.05) is 0 Å². The minimum absolute atomic E-state index is 0.0630. The predicted molar refractivity (Wildman–Crippen MR) is 58.7 cm³/mol. The van der Waals surface area contributed by atoms with Crippen molar-refractivity contribution in [3.8, 4) is 0 Å². The first-order valence-corrected chi connectivity index (χ1v) is 6.48. The molecule has 0 saturated carbocycles. The van der Waals surface area contributed by atoms with Crippen LogP contribution in [0.4, 0.5) is 0 Å². The highest BCUT2D eigenvalue weighted by molar-refractivity contribution is 7.89. The number of nitrogens with one attached hydrogen (secondary N) is 1. The van der Waals surface area contributed by atoms with Crippen LogP contribution in [0.2, 0.25) is 0 Å². The molecule has 0 radical (unpaired) electrons. The first-order valence-electron chi connectivity index (χ1n) is 4.76. The number of nitrogens with two attached hydrogens (primary N) is 1. The molecule has 0 aromatic heterocycles. The van der Waals surface area contributed by atoms with Gasteiger partial charge in [0.15, 0.2) is 0 Å². The fourth-order valence-corrected chi connectivity index (χ4v) is 1.39. The second-order valence-electron chi connectivity index (χ2n) is 3.40. The van der Waals surface area contributed by atoms with E-state index in [0.717, 1.165) is 0 Å². The fourth-order valence-electron chi connectivity index (χ4n) is 0.991. The van der Waals surface area contributed by atoms with Crippen LogP contribution in [-0.2, 0) is 14.8 Å². The van der Waals surface area contributed by atoms with Gasteiger partial charge in [-0.05, 0) is 13.8 Å². The van der Waals surface area contributed by atoms with E-state index in [2.05, 4.69) is 5.32 Å². The van der Waals surface area contributed by atoms with Crippen molar-refractivity contribution in [1.29, 1.82) is 0 Å². The monoisotopic (exact) mass is 237 g/mol. The summed E-state index contributed by atoms with van der Waals surface area (Å²) in [6.07, 6.45) is 0. The average molecular weight is 237 g/mol. The molecule has 15 heavy (non-hydrogen) atoms. The number of sulfonamides is 1. The van der Waals surface area contributed by atoms with Gasteiger partial charge in [0.1, 0.15) is 0 Å². The Bertz CT molecular complexity index is 302. The number of nitrogens with zero attached hydrogens (tertiary/aromatic N) is 1. The van der Waals surface area contributed by atoms with Gasteiger partial charge < -0.3 is 10.2 Å². The molecule has 0 fully saturated rings. The number of likely N-dealkylation sites (N-methyl/N-ethyl adjacent to an activating group) is 1. The van der Waals surface area contributed by atoms with E-state index in [9.17, 15) is 13.2 Å². The molecule has 0 aliphatic carbocycles. The third-order valence-electron chi connectivity index (χ3n) is 2.06. The molecule has 0 aromatic rings. The van der Waals surface area contributed by atoms with Crippen molar-refractivity contribution in [1.82, 2.24) is 10.2 Å². The van der Waals surface area contributed by atoms with Crippen molar-refractivity contribution in [2.24, 2.45) is 5.14 Å². The van der Waals surface area contributed by atoms with Crippen LogP contribution in [0.25, 0.3) is 0 Å². The SMILES string of the molecule is CCN(C)C(=O)C(C)NCCS(N)(=O)=O. The molecule has 90 valence electrons. The molecular weight excluding hydrogens is 218 g/mol. The molecule has 3 N–H and O–H groups in total. The highest BCUT2D eigenvalue weighted by Crippen LogP contribution is 1.91. The van der Waals surface area contributed by atoms with Crippen LogP contribution in [-0.4, -0.2) is 51.2 Å². The summed E-state index contributed by atoms with van der Waals surface area (Å²) in [7, 11) is -1.76. The standard InChI is InChI=1S/C8H19N3O3S/c1-4-11(3)8(12)7(2)10-5-6-15(9,13)14/h7,10H,4-6H2,1-3H3,(H2,9,13,14). The van der Waals surface area contributed by atoms with Crippen LogP contribution in [0.5, 0.6) is 0 Å². The van der Waals surface area contributed by atoms with E-state index >= 15 is 0 Å². The normalized spacial score (nSPS) is 13.6. The van der Waals surface area contributed by atoms with Crippen molar-refractivity contribution in [2.75, 3.05) is 25.9 Å². The lowest BCUT2D eigenvalue weighted by Gasteiger charge is -2.20. The number of primary sulfonamides is 1. The van der Waals surface area contributed by atoms with E-state index in [1.807, 2.05) is 6.92 Å². The Hall–Kier alpha value is -0.660. The molecule has 0 aromatic carbocycles. The number of hydrogen-bond acceptors (Lipinski definition) is 4. The molecule has 6 nitrogen and oxygen atoms in total. The summed E-state index contributed by atoms with van der Waals surface area (Å²) >= 11 is 0. The van der Waals surface area contributed by atoms with Gasteiger partial charge in [0.25, 0.3) is 0 Å². The van der Waals surface area contributed by atoms with Crippen molar-refractivity contribution in [2.45, 2.75) is 19.9 Å². The van der Waals surface area contributed by atoms with Crippen LogP contribution in [0, 0.1) is 0 Å². The van der Waals surface area contributed by atoms with Crippen LogP contribution in [0.15, 0.2) is 0 Å². The van der Waals surface area contributed by atoms with Gasteiger partial charge in [0.05, 0.1) is 11.8 Å². The highest BCUT2D eigenvalue weighted by atomic mass is 32.2. The second-order valence-corrected chi connectivity index (χ2v) is 5.13. The number of hydrogen-bond donors (Lipinski definition) is 2. The minimum atomic E-state index is -3.46. The summed E-state index contributed by atoms with van der Waals surface area (Å²) < 4.78 is 21.2. The Kier molecular flexibility index (Phi) is 5.77. The van der Waals surface area contributed by atoms with Gasteiger partial charge in [-0.2, -0.15) is 0 Å². The lowest BCUT2D eigenvalue weighted by molar-refractivity contribution is -0.131. The molecule has 1 amide bonds. The Labute approximate surface area is 90.9 Å². The Morgan fingerprint density at radius 3 is 2.47 bits per heavy atom. The van der Waals surface area contributed by atoms with Crippen LogP contribution < -0.4 is 10.5 Å². The number of rotatable bonds is 6. The maximum Gasteiger partial charge on any atom is 0.239 e. The molecular formula is C8H19N3O3S. The van der Waals surface area contributed by atoms with Crippen LogP contribution in [0.1, 0.15) is 13.8 Å². The Balaban J connectivity index is 3.94. The second kappa shape index (κ2) is 6.04. The molecule has 1 unspecified atom stereocenters. The maximum absolute atomic E-state index is 11.5. The minimum Gasteiger partial charge on any atom is -0.345 e. The van der Waals surface area contributed by atoms with E-state index in [1.165, 1.54) is 0 Å². The topological polar surface area (TPSA) is 92.5 Å². The summed E-state index contributed by atoms with van der Waals surface area (Å²) in [5, 5.41) is 7.62. The summed E-state index contributed by atoms with van der Waals surface area (Å²) in [6.45, 7) is 4.37. The fraction of sp³-hybridized carbons (Fsp3) is 0.875. The average Bonchev–Trinajstić information content (AvgIpc) is 2.13. The lowest BCUT2D eigenvalue weighted by Crippen LogP contribution is -2.44. The zero-order chi connectivity index (χ0) is 12.1. The van der Waals surface area contributed by atoms with Crippen molar-refractivity contribution in [3.63, 3.8) is 0 Å². The third kappa shape index (κ3) is 6.43. The molecule has 0 aliphatic heterocycles. The third-order valence-corrected chi connectivity index (χ3v) is 2.83. The van der Waals surface area contributed by atoms with E-state index in [-0.39, 0.29) is 18.2 Å². The molecule has 0 rings (SSSR count). The Morgan fingerprint density at radius 1 is 1.53 bits per heavy atom.